The first-order chi connectivity index (χ1) is 28.9. The van der Waals surface area contributed by atoms with Crippen LogP contribution in [0.15, 0.2) is 36.4 Å². The van der Waals surface area contributed by atoms with Gasteiger partial charge < -0.3 is 53.6 Å². The summed E-state index contributed by atoms with van der Waals surface area (Å²) < 4.78 is 41.9. The molecule has 2 aromatic carbocycles. The van der Waals surface area contributed by atoms with Gasteiger partial charge in [0.05, 0.1) is 45.2 Å². The van der Waals surface area contributed by atoms with Crippen molar-refractivity contribution in [2.75, 3.05) is 67.5 Å². The average molecular weight is 863 g/mol. The van der Waals surface area contributed by atoms with Crippen LogP contribution in [0.2, 0.25) is 0 Å². The molecule has 0 aromatic heterocycles. The van der Waals surface area contributed by atoms with E-state index in [0.29, 0.717) is 11.1 Å². The van der Waals surface area contributed by atoms with Crippen molar-refractivity contribution in [1.29, 1.82) is 0 Å². The Balaban J connectivity index is 1.82. The first-order valence-corrected chi connectivity index (χ1v) is 19.7. The molecule has 0 fully saturated rings. The third-order valence-electron chi connectivity index (χ3n) is 8.22. The Bertz CT molecular complexity index is 1790. The Morgan fingerprint density at radius 3 is 1.51 bits per heavy atom. The van der Waals surface area contributed by atoms with E-state index in [2.05, 4.69) is 21.3 Å². The molecule has 5 N–H and O–H groups in total. The van der Waals surface area contributed by atoms with E-state index in [9.17, 15) is 38.7 Å². The molecule has 0 saturated heterocycles. The molecule has 338 valence electrons. The van der Waals surface area contributed by atoms with Crippen LogP contribution >= 0.6 is 0 Å². The van der Waals surface area contributed by atoms with Gasteiger partial charge in [0, 0.05) is 29.4 Å². The second-order valence-corrected chi connectivity index (χ2v) is 13.4. The van der Waals surface area contributed by atoms with Crippen LogP contribution in [0.3, 0.4) is 0 Å². The number of hydrogen-bond donors (Lipinski definition) is 5. The zero-order valence-corrected chi connectivity index (χ0v) is 35.9. The molecule has 2 aromatic rings. The van der Waals surface area contributed by atoms with Gasteiger partial charge >= 0.3 is 30.1 Å². The van der Waals surface area contributed by atoms with Crippen LogP contribution in [0, 0.1) is 25.7 Å². The zero-order chi connectivity index (χ0) is 45.6. The van der Waals surface area contributed by atoms with E-state index in [1.165, 1.54) is 26.0 Å². The number of hydrogen-bond acceptors (Lipinski definition) is 16. The number of aliphatic hydroxyl groups excluding tert-OH is 1. The number of anilines is 4. The largest absolute Gasteiger partial charge is 0.465 e. The number of rotatable bonds is 24. The molecule has 5 atom stereocenters. The van der Waals surface area contributed by atoms with E-state index in [4.69, 9.17) is 37.9 Å². The van der Waals surface area contributed by atoms with Crippen LogP contribution in [0.25, 0.3) is 0 Å². The van der Waals surface area contributed by atoms with Crippen molar-refractivity contribution in [1.82, 2.24) is 0 Å². The fourth-order valence-electron chi connectivity index (χ4n) is 5.10. The van der Waals surface area contributed by atoms with E-state index < -0.39 is 78.3 Å². The van der Waals surface area contributed by atoms with Gasteiger partial charge in [0.25, 0.3) is 0 Å². The number of carbonyl (C=O) groups excluding carboxylic acids is 7. The Morgan fingerprint density at radius 2 is 1.00 bits per heavy atom. The Kier molecular flexibility index (Phi) is 22.2. The highest BCUT2D eigenvalue weighted by molar-refractivity contribution is 6.18. The summed E-state index contributed by atoms with van der Waals surface area (Å²) in [5.41, 5.74) is 2.19. The van der Waals surface area contributed by atoms with E-state index in [-0.39, 0.29) is 69.0 Å². The highest BCUT2D eigenvalue weighted by atomic mass is 16.6. The molecule has 0 spiro atoms. The highest BCUT2D eigenvalue weighted by Gasteiger charge is 2.38. The van der Waals surface area contributed by atoms with Gasteiger partial charge in [-0.1, -0.05) is 12.1 Å². The molecule has 0 bridgehead atoms. The molecule has 0 aliphatic heterocycles. The minimum atomic E-state index is -1.84. The van der Waals surface area contributed by atoms with Gasteiger partial charge in [-0.05, 0) is 97.7 Å². The molecule has 0 heterocycles. The topological polar surface area (TPSA) is 262 Å². The molecular formula is C41H58N4O16. The van der Waals surface area contributed by atoms with Crippen molar-refractivity contribution in [3.63, 3.8) is 0 Å². The molecule has 2 rings (SSSR count). The SMILES string of the molecule is CCOC(=O)C(C(=O)Nc1cc(NC(=O)OCC(C)OCC(C)OCC(C)OC(=O)Nc2ccc(C)c(NC(=O)C(C(=O)OCC)C(O)OCC)c2)ccc1C)C(=O)OCC. The second kappa shape index (κ2) is 26.4. The molecule has 20 nitrogen and oxygen atoms in total. The lowest BCUT2D eigenvalue weighted by atomic mass is 10.1. The summed E-state index contributed by atoms with van der Waals surface area (Å²) in [6.07, 6.45) is -5.01. The maximum absolute atomic E-state index is 13.0. The second-order valence-electron chi connectivity index (χ2n) is 13.4. The zero-order valence-electron chi connectivity index (χ0n) is 35.9. The number of esters is 3. The van der Waals surface area contributed by atoms with Gasteiger partial charge in [-0.25, -0.2) is 9.59 Å². The summed E-state index contributed by atoms with van der Waals surface area (Å²) in [5, 5.41) is 20.5. The van der Waals surface area contributed by atoms with Crippen LogP contribution in [0.4, 0.5) is 32.3 Å². The molecule has 0 radical (unpaired) electrons. The van der Waals surface area contributed by atoms with E-state index in [0.717, 1.165) is 0 Å². The first kappa shape index (κ1) is 51.3. The fourth-order valence-corrected chi connectivity index (χ4v) is 5.10. The Hall–Kier alpha value is -5.83. The van der Waals surface area contributed by atoms with Gasteiger partial charge in [-0.15, -0.1) is 0 Å². The van der Waals surface area contributed by atoms with Crippen molar-refractivity contribution in [2.24, 2.45) is 11.8 Å². The van der Waals surface area contributed by atoms with Crippen LogP contribution in [-0.2, 0) is 61.9 Å². The molecule has 20 heteroatoms. The quantitative estimate of drug-likeness (QED) is 0.0422. The molecule has 0 saturated carbocycles. The van der Waals surface area contributed by atoms with Gasteiger partial charge in [0.1, 0.15) is 12.7 Å². The number of amides is 4. The number of carbonyl (C=O) groups is 7. The van der Waals surface area contributed by atoms with Gasteiger partial charge in [0.2, 0.25) is 17.7 Å². The summed E-state index contributed by atoms with van der Waals surface area (Å²) in [5.74, 6) is -8.36. The third kappa shape index (κ3) is 17.7. The Labute approximate surface area is 354 Å². The minimum Gasteiger partial charge on any atom is -0.465 e. The number of aryl methyl sites for hydroxylation is 2. The number of benzene rings is 2. The van der Waals surface area contributed by atoms with Crippen molar-refractivity contribution >= 4 is 64.7 Å². The summed E-state index contributed by atoms with van der Waals surface area (Å²) >= 11 is 0. The summed E-state index contributed by atoms with van der Waals surface area (Å²) in [7, 11) is 0. The van der Waals surface area contributed by atoms with Crippen LogP contribution < -0.4 is 21.3 Å². The maximum Gasteiger partial charge on any atom is 0.411 e. The summed E-state index contributed by atoms with van der Waals surface area (Å²) in [6, 6.07) is 9.27. The van der Waals surface area contributed by atoms with Crippen molar-refractivity contribution in [3.8, 4) is 0 Å². The monoisotopic (exact) mass is 862 g/mol. The van der Waals surface area contributed by atoms with Crippen LogP contribution in [0.5, 0.6) is 0 Å². The first-order valence-electron chi connectivity index (χ1n) is 19.7. The van der Waals surface area contributed by atoms with E-state index >= 15 is 0 Å². The van der Waals surface area contributed by atoms with Gasteiger partial charge in [-0.3, -0.25) is 34.6 Å². The third-order valence-corrected chi connectivity index (χ3v) is 8.22. The highest BCUT2D eigenvalue weighted by Crippen LogP contribution is 2.24. The van der Waals surface area contributed by atoms with Crippen molar-refractivity contribution in [2.45, 2.75) is 86.9 Å². The lowest BCUT2D eigenvalue weighted by Gasteiger charge is -2.21. The standard InChI is InChI=1S/C41H58N4O16/c1-10-54-36(48)32(37(49)55-11-2)34(46)44-30-18-28(16-14-23(30)5)42-40(52)60-21-26(8)58-20-25(7)59-22-27(9)61-41(53)43-29-17-15-24(6)31(19-29)45-35(47)33(38(50)56-12-3)39(51)57-13-4/h14-19,25-27,32-33,38,50H,10-13,20-22H2,1-9H3,(H,42,52)(H,43,53)(H,44,46)(H,45,47). The predicted octanol–water partition coefficient (Wildman–Crippen LogP) is 4.45. The molecule has 61 heavy (non-hydrogen) atoms. The lowest BCUT2D eigenvalue weighted by Crippen LogP contribution is -2.41. The fraction of sp³-hybridized carbons (Fsp3) is 0.537. The molecule has 5 unspecified atom stereocenters. The smallest absolute Gasteiger partial charge is 0.411 e. The van der Waals surface area contributed by atoms with E-state index in [1.54, 1.807) is 72.7 Å². The number of nitrogens with one attached hydrogen (secondary N) is 4. The summed E-state index contributed by atoms with van der Waals surface area (Å²) in [6.45, 7) is 14.6. The normalized spacial score (nSPS) is 13.4. The number of ether oxygens (including phenoxy) is 8. The van der Waals surface area contributed by atoms with Crippen molar-refractivity contribution in [3.05, 3.63) is 47.5 Å². The average Bonchev–Trinajstić information content (AvgIpc) is 3.18. The number of aliphatic hydroxyl groups is 1. The maximum atomic E-state index is 13.0. The predicted molar refractivity (Wildman–Crippen MR) is 219 cm³/mol. The van der Waals surface area contributed by atoms with E-state index in [1.807, 2.05) is 0 Å². The van der Waals surface area contributed by atoms with Gasteiger partial charge in [0.15, 0.2) is 12.2 Å². The molecule has 4 amide bonds. The molecule has 0 aliphatic carbocycles. The summed E-state index contributed by atoms with van der Waals surface area (Å²) in [4.78, 5) is 88.1. The van der Waals surface area contributed by atoms with Gasteiger partial charge in [-0.2, -0.15) is 0 Å². The Morgan fingerprint density at radius 1 is 0.541 bits per heavy atom. The molecule has 0 aliphatic rings. The van der Waals surface area contributed by atoms with Crippen molar-refractivity contribution < 1.29 is 76.6 Å². The van der Waals surface area contributed by atoms with Crippen LogP contribution in [-0.4, -0.2) is 118 Å². The lowest BCUT2D eigenvalue weighted by molar-refractivity contribution is -0.176. The molecular weight excluding hydrogens is 804 g/mol. The van der Waals surface area contributed by atoms with Crippen LogP contribution in [0.1, 0.15) is 59.6 Å². The minimum absolute atomic E-state index is 0.00668.